The third-order valence-corrected chi connectivity index (χ3v) is 2.78. The Bertz CT molecular complexity index is 745. The van der Waals surface area contributed by atoms with Crippen molar-refractivity contribution in [3.05, 3.63) is 66.2 Å². The maximum atomic E-state index is 12.1. The predicted molar refractivity (Wildman–Crippen MR) is 85.0 cm³/mol. The van der Waals surface area contributed by atoms with Gasteiger partial charge >= 0.3 is 0 Å². The van der Waals surface area contributed by atoms with E-state index in [2.05, 4.69) is 10.3 Å². The molecule has 1 heterocycles. The van der Waals surface area contributed by atoms with E-state index < -0.39 is 0 Å². The van der Waals surface area contributed by atoms with E-state index in [1.54, 1.807) is 6.08 Å². The molecule has 3 aromatic rings. The normalized spacial score (nSPS) is 10.4. The van der Waals surface area contributed by atoms with Gasteiger partial charge in [-0.15, -0.1) is 5.10 Å². The quantitative estimate of drug-likeness (QED) is 0.670. The largest absolute Gasteiger partial charge is 0.272 e. The summed E-state index contributed by atoms with van der Waals surface area (Å²) in [4.78, 5) is 12.1. The first-order valence-corrected chi connectivity index (χ1v) is 6.92. The highest BCUT2D eigenvalue weighted by Gasteiger charge is 2.07. The van der Waals surface area contributed by atoms with Gasteiger partial charge in [0.2, 0.25) is 0 Å². The lowest BCUT2D eigenvalue weighted by Gasteiger charge is -1.95. The molecule has 106 valence electrons. The molecule has 1 aromatic heterocycles. The molecule has 0 N–H and O–H groups in total. The summed E-state index contributed by atoms with van der Waals surface area (Å²) in [6, 6.07) is 17.0. The zero-order valence-electron chi connectivity index (χ0n) is 12.1. The molecule has 0 amide bonds. The summed E-state index contributed by atoms with van der Waals surface area (Å²) in [6.45, 7) is 4.00. The van der Waals surface area contributed by atoms with Gasteiger partial charge in [0.1, 0.15) is 5.52 Å². The predicted octanol–water partition coefficient (Wildman–Crippen LogP) is 3.81. The molecular formula is C17H17N3O. The Morgan fingerprint density at radius 3 is 2.43 bits per heavy atom. The van der Waals surface area contributed by atoms with E-state index in [9.17, 15) is 4.79 Å². The summed E-state index contributed by atoms with van der Waals surface area (Å²) in [5.74, 6) is -0.211. The minimum absolute atomic E-state index is 0.211. The first kappa shape index (κ1) is 14.7. The second-order valence-electron chi connectivity index (χ2n) is 4.07. The fraction of sp³-hybridized carbons (Fsp3) is 0.118. The van der Waals surface area contributed by atoms with Gasteiger partial charge in [0.25, 0.3) is 5.91 Å². The average Bonchev–Trinajstić information content (AvgIpc) is 3.00. The van der Waals surface area contributed by atoms with Crippen molar-refractivity contribution in [2.24, 2.45) is 0 Å². The number of allylic oxidation sites excluding steroid dienone is 1. The number of rotatable bonds is 2. The number of hydrogen-bond donors (Lipinski definition) is 0. The van der Waals surface area contributed by atoms with Crippen LogP contribution in [0.15, 0.2) is 60.7 Å². The van der Waals surface area contributed by atoms with E-state index >= 15 is 0 Å². The lowest BCUT2D eigenvalue weighted by Crippen LogP contribution is -2.08. The van der Waals surface area contributed by atoms with Crippen molar-refractivity contribution in [1.82, 2.24) is 15.0 Å². The standard InChI is InChI=1S/C15H11N3O.C2H6/c19-15(11-10-12-6-2-1-3-7-12)18-14-9-5-4-8-13(14)16-17-18;1-2/h1-11H;1-2H3/b11-10+;. The minimum Gasteiger partial charge on any atom is -0.267 e. The Hall–Kier alpha value is -2.75. The van der Waals surface area contributed by atoms with Crippen molar-refractivity contribution in [3.63, 3.8) is 0 Å². The monoisotopic (exact) mass is 279 g/mol. The van der Waals surface area contributed by atoms with Crippen molar-refractivity contribution >= 4 is 23.0 Å². The highest BCUT2D eigenvalue weighted by molar-refractivity contribution is 5.98. The summed E-state index contributed by atoms with van der Waals surface area (Å²) >= 11 is 0. The molecule has 0 unspecified atom stereocenters. The van der Waals surface area contributed by atoms with Crippen LogP contribution in [0.1, 0.15) is 24.2 Å². The van der Waals surface area contributed by atoms with Crippen LogP contribution >= 0.6 is 0 Å². The van der Waals surface area contributed by atoms with E-state index in [0.717, 1.165) is 5.56 Å². The minimum atomic E-state index is -0.211. The zero-order valence-corrected chi connectivity index (χ0v) is 12.1. The Morgan fingerprint density at radius 1 is 1.00 bits per heavy atom. The number of para-hydroxylation sites is 1. The molecule has 0 aliphatic carbocycles. The Kier molecular flexibility index (Phi) is 4.99. The van der Waals surface area contributed by atoms with Crippen molar-refractivity contribution in [3.8, 4) is 0 Å². The Morgan fingerprint density at radius 2 is 1.67 bits per heavy atom. The van der Waals surface area contributed by atoms with E-state index in [1.807, 2.05) is 68.4 Å². The molecule has 0 saturated carbocycles. The van der Waals surface area contributed by atoms with Gasteiger partial charge in [0.15, 0.2) is 0 Å². The molecule has 2 aromatic carbocycles. The van der Waals surface area contributed by atoms with E-state index in [1.165, 1.54) is 10.8 Å². The SMILES string of the molecule is CC.O=C(/C=C/c1ccccc1)n1nnc2ccccc21. The topological polar surface area (TPSA) is 47.8 Å². The van der Waals surface area contributed by atoms with Gasteiger partial charge in [-0.1, -0.05) is 61.5 Å². The van der Waals surface area contributed by atoms with Gasteiger partial charge < -0.3 is 0 Å². The number of hydrogen-bond acceptors (Lipinski definition) is 3. The molecule has 0 atom stereocenters. The van der Waals surface area contributed by atoms with Crippen LogP contribution in [0, 0.1) is 0 Å². The van der Waals surface area contributed by atoms with Crippen molar-refractivity contribution < 1.29 is 4.79 Å². The van der Waals surface area contributed by atoms with Gasteiger partial charge in [-0.05, 0) is 23.8 Å². The maximum Gasteiger partial charge on any atom is 0.272 e. The molecular weight excluding hydrogens is 262 g/mol. The molecule has 0 aliphatic heterocycles. The van der Waals surface area contributed by atoms with Gasteiger partial charge in [-0.2, -0.15) is 4.68 Å². The van der Waals surface area contributed by atoms with Crippen molar-refractivity contribution in [1.29, 1.82) is 0 Å². The van der Waals surface area contributed by atoms with Crippen LogP contribution in [0.4, 0.5) is 0 Å². The zero-order chi connectivity index (χ0) is 15.1. The van der Waals surface area contributed by atoms with Crippen LogP contribution in [0.5, 0.6) is 0 Å². The van der Waals surface area contributed by atoms with Crippen molar-refractivity contribution in [2.45, 2.75) is 13.8 Å². The van der Waals surface area contributed by atoms with Gasteiger partial charge in [0, 0.05) is 6.08 Å². The van der Waals surface area contributed by atoms with Crippen LogP contribution in [0.2, 0.25) is 0 Å². The molecule has 0 fully saturated rings. The highest BCUT2D eigenvalue weighted by Crippen LogP contribution is 2.10. The van der Waals surface area contributed by atoms with Crippen LogP contribution in [0.3, 0.4) is 0 Å². The first-order valence-electron chi connectivity index (χ1n) is 6.92. The smallest absolute Gasteiger partial charge is 0.267 e. The molecule has 0 aliphatic rings. The summed E-state index contributed by atoms with van der Waals surface area (Å²) < 4.78 is 1.30. The van der Waals surface area contributed by atoms with Crippen molar-refractivity contribution in [2.75, 3.05) is 0 Å². The fourth-order valence-corrected chi connectivity index (χ4v) is 1.83. The van der Waals surface area contributed by atoms with E-state index in [4.69, 9.17) is 0 Å². The molecule has 0 radical (unpaired) electrons. The van der Waals surface area contributed by atoms with Gasteiger partial charge in [0.05, 0.1) is 5.52 Å². The second kappa shape index (κ2) is 7.14. The molecule has 0 spiro atoms. The number of nitrogens with zero attached hydrogens (tertiary/aromatic N) is 3. The first-order chi connectivity index (χ1) is 10.3. The number of fused-ring (bicyclic) bond motifs is 1. The summed E-state index contributed by atoms with van der Waals surface area (Å²) in [6.07, 6.45) is 3.26. The summed E-state index contributed by atoms with van der Waals surface area (Å²) in [7, 11) is 0. The third kappa shape index (κ3) is 3.42. The lowest BCUT2D eigenvalue weighted by molar-refractivity contribution is 0.0958. The van der Waals surface area contributed by atoms with E-state index in [-0.39, 0.29) is 5.91 Å². The Balaban J connectivity index is 0.000000774. The van der Waals surface area contributed by atoms with Gasteiger partial charge in [-0.25, -0.2) is 0 Å². The number of carbonyl (C=O) groups excluding carboxylic acids is 1. The van der Waals surface area contributed by atoms with Crippen LogP contribution in [-0.4, -0.2) is 20.9 Å². The molecule has 4 nitrogen and oxygen atoms in total. The third-order valence-electron chi connectivity index (χ3n) is 2.78. The molecule has 0 bridgehead atoms. The highest BCUT2D eigenvalue weighted by atomic mass is 16.2. The van der Waals surface area contributed by atoms with Gasteiger partial charge in [-0.3, -0.25) is 4.79 Å². The number of aromatic nitrogens is 3. The number of carbonyl (C=O) groups is 1. The van der Waals surface area contributed by atoms with Crippen LogP contribution in [0.25, 0.3) is 17.1 Å². The molecule has 0 saturated heterocycles. The molecule has 4 heteroatoms. The Labute approximate surface area is 123 Å². The average molecular weight is 279 g/mol. The molecule has 3 rings (SSSR count). The molecule has 21 heavy (non-hydrogen) atoms. The summed E-state index contributed by atoms with van der Waals surface area (Å²) in [5.41, 5.74) is 2.40. The van der Waals surface area contributed by atoms with E-state index in [0.29, 0.717) is 11.0 Å². The van der Waals surface area contributed by atoms with Crippen LogP contribution in [-0.2, 0) is 0 Å². The second-order valence-corrected chi connectivity index (χ2v) is 4.07. The number of benzene rings is 2. The lowest BCUT2D eigenvalue weighted by atomic mass is 10.2. The van der Waals surface area contributed by atoms with Crippen LogP contribution < -0.4 is 0 Å². The maximum absolute atomic E-state index is 12.1. The fourth-order valence-electron chi connectivity index (χ4n) is 1.83. The summed E-state index contributed by atoms with van der Waals surface area (Å²) in [5, 5.41) is 7.83.